The third-order valence-electron chi connectivity index (χ3n) is 5.70. The summed E-state index contributed by atoms with van der Waals surface area (Å²) < 4.78 is 34.5. The third-order valence-corrected chi connectivity index (χ3v) is 7.24. The number of benzene rings is 2. The van der Waals surface area contributed by atoms with Crippen LogP contribution in [0.5, 0.6) is 0 Å². The topological polar surface area (TPSA) is 83.6 Å². The Kier molecular flexibility index (Phi) is 5.06. The number of aromatic nitrogens is 1. The van der Waals surface area contributed by atoms with Crippen molar-refractivity contribution in [1.82, 2.24) is 9.29 Å². The summed E-state index contributed by atoms with van der Waals surface area (Å²) in [6, 6.07) is 18.1. The van der Waals surface area contributed by atoms with Gasteiger partial charge >= 0.3 is 10.2 Å². The Morgan fingerprint density at radius 2 is 1.87 bits per heavy atom. The molecule has 0 saturated carbocycles. The number of hydrogen-bond donors (Lipinski definition) is 2. The molecule has 1 atom stereocenters. The summed E-state index contributed by atoms with van der Waals surface area (Å²) in [6.07, 6.45) is 2.13. The van der Waals surface area contributed by atoms with Gasteiger partial charge in [0.15, 0.2) is 0 Å². The minimum atomic E-state index is -3.59. The third kappa shape index (κ3) is 3.86. The molecule has 1 saturated heterocycles. The Hall–Kier alpha value is -2.68. The van der Waals surface area contributed by atoms with Gasteiger partial charge in [0.25, 0.3) is 0 Å². The second kappa shape index (κ2) is 7.86. The van der Waals surface area contributed by atoms with Crippen LogP contribution in [0.3, 0.4) is 0 Å². The standard InChI is InChI=1S/C22H24N4O3S/c27-30(28,26-11-13-29-14-12-26)25-18-7-9-20-17(15-18)6-10-22(23-20)24-21-8-5-16-3-1-2-4-19(16)21/h1-4,6-7,9-10,15,21,25H,5,8,11-14H2,(H,23,24)/t21-/m1/s1. The van der Waals surface area contributed by atoms with Crippen LogP contribution >= 0.6 is 0 Å². The first-order valence-electron chi connectivity index (χ1n) is 10.2. The Morgan fingerprint density at radius 1 is 1.03 bits per heavy atom. The van der Waals surface area contributed by atoms with Crippen LogP contribution in [-0.2, 0) is 21.4 Å². The quantitative estimate of drug-likeness (QED) is 0.657. The summed E-state index contributed by atoms with van der Waals surface area (Å²) in [7, 11) is -3.59. The SMILES string of the molecule is O=S(=O)(Nc1ccc2nc(N[C@@H]3CCc4ccccc43)ccc2c1)N1CCOCC1. The zero-order valence-electron chi connectivity index (χ0n) is 16.5. The van der Waals surface area contributed by atoms with Gasteiger partial charge in [-0.25, -0.2) is 4.98 Å². The molecule has 0 bridgehead atoms. The molecule has 7 nitrogen and oxygen atoms in total. The van der Waals surface area contributed by atoms with Crippen LogP contribution in [0.2, 0.25) is 0 Å². The molecular formula is C22H24N4O3S. The predicted molar refractivity (Wildman–Crippen MR) is 118 cm³/mol. The number of fused-ring (bicyclic) bond motifs is 2. The zero-order chi connectivity index (χ0) is 20.6. The molecule has 1 aliphatic heterocycles. The van der Waals surface area contributed by atoms with Gasteiger partial charge in [-0.2, -0.15) is 12.7 Å². The molecule has 2 N–H and O–H groups in total. The zero-order valence-corrected chi connectivity index (χ0v) is 17.4. The van der Waals surface area contributed by atoms with Gasteiger partial charge in [-0.05, 0) is 54.3 Å². The predicted octanol–water partition coefficient (Wildman–Crippen LogP) is 3.32. The van der Waals surface area contributed by atoms with E-state index in [1.807, 2.05) is 24.3 Å². The second-order valence-corrected chi connectivity index (χ2v) is 9.33. The number of nitrogens with zero attached hydrogens (tertiary/aromatic N) is 2. The van der Waals surface area contributed by atoms with Crippen molar-refractivity contribution in [2.75, 3.05) is 36.3 Å². The number of anilines is 2. The van der Waals surface area contributed by atoms with Crippen molar-refractivity contribution >= 4 is 32.6 Å². The van der Waals surface area contributed by atoms with E-state index in [9.17, 15) is 8.42 Å². The number of rotatable bonds is 5. The van der Waals surface area contributed by atoms with Crippen LogP contribution in [0.4, 0.5) is 11.5 Å². The molecule has 2 aliphatic rings. The molecule has 0 spiro atoms. The van der Waals surface area contributed by atoms with Gasteiger partial charge in [-0.1, -0.05) is 24.3 Å². The van der Waals surface area contributed by atoms with Crippen LogP contribution < -0.4 is 10.0 Å². The van der Waals surface area contributed by atoms with Gasteiger partial charge in [0.05, 0.1) is 30.5 Å². The van der Waals surface area contributed by atoms with Crippen molar-refractivity contribution in [3.63, 3.8) is 0 Å². The molecule has 8 heteroatoms. The molecule has 2 aromatic carbocycles. The summed E-state index contributed by atoms with van der Waals surface area (Å²) in [5.41, 5.74) is 4.09. The van der Waals surface area contributed by atoms with E-state index in [1.54, 1.807) is 6.07 Å². The van der Waals surface area contributed by atoms with Crippen LogP contribution in [0, 0.1) is 0 Å². The smallest absolute Gasteiger partial charge is 0.301 e. The van der Waals surface area contributed by atoms with Crippen LogP contribution in [0.1, 0.15) is 23.6 Å². The highest BCUT2D eigenvalue weighted by atomic mass is 32.2. The van der Waals surface area contributed by atoms with Crippen molar-refractivity contribution in [2.45, 2.75) is 18.9 Å². The number of morpholine rings is 1. The fourth-order valence-corrected chi connectivity index (χ4v) is 5.34. The lowest BCUT2D eigenvalue weighted by Crippen LogP contribution is -2.43. The summed E-state index contributed by atoms with van der Waals surface area (Å²) in [4.78, 5) is 4.72. The Balaban J connectivity index is 1.33. The van der Waals surface area contributed by atoms with E-state index in [1.165, 1.54) is 15.4 Å². The average molecular weight is 425 g/mol. The lowest BCUT2D eigenvalue weighted by atomic mass is 10.1. The molecule has 3 aromatic rings. The van der Waals surface area contributed by atoms with Crippen molar-refractivity contribution in [3.8, 4) is 0 Å². The van der Waals surface area contributed by atoms with E-state index in [2.05, 4.69) is 34.3 Å². The maximum Gasteiger partial charge on any atom is 0.301 e. The largest absolute Gasteiger partial charge is 0.379 e. The Labute approximate surface area is 176 Å². The monoisotopic (exact) mass is 424 g/mol. The minimum absolute atomic E-state index is 0.269. The summed E-state index contributed by atoms with van der Waals surface area (Å²) in [5.74, 6) is 0.825. The molecule has 0 radical (unpaired) electrons. The minimum Gasteiger partial charge on any atom is -0.379 e. The van der Waals surface area contributed by atoms with Gasteiger partial charge in [-0.15, -0.1) is 0 Å². The molecule has 1 aromatic heterocycles. The van der Waals surface area contributed by atoms with Gasteiger partial charge in [0.2, 0.25) is 0 Å². The van der Waals surface area contributed by atoms with E-state index in [0.29, 0.717) is 32.0 Å². The van der Waals surface area contributed by atoms with Gasteiger partial charge in [0, 0.05) is 18.5 Å². The molecule has 2 heterocycles. The van der Waals surface area contributed by atoms with Crippen molar-refractivity contribution in [3.05, 3.63) is 65.7 Å². The summed E-state index contributed by atoms with van der Waals surface area (Å²) in [5, 5.41) is 4.43. The lowest BCUT2D eigenvalue weighted by Gasteiger charge is -2.26. The van der Waals surface area contributed by atoms with Gasteiger partial charge in [-0.3, -0.25) is 4.72 Å². The Morgan fingerprint density at radius 3 is 2.73 bits per heavy atom. The van der Waals surface area contributed by atoms with Crippen LogP contribution in [0.15, 0.2) is 54.6 Å². The van der Waals surface area contributed by atoms with Crippen LogP contribution in [-0.4, -0.2) is 44.0 Å². The first-order valence-corrected chi connectivity index (χ1v) is 11.6. The van der Waals surface area contributed by atoms with E-state index >= 15 is 0 Å². The van der Waals surface area contributed by atoms with Gasteiger partial charge in [0.1, 0.15) is 5.82 Å². The fourth-order valence-electron chi connectivity index (χ4n) is 4.16. The van der Waals surface area contributed by atoms with E-state index in [0.717, 1.165) is 29.6 Å². The summed E-state index contributed by atoms with van der Waals surface area (Å²) >= 11 is 0. The lowest BCUT2D eigenvalue weighted by molar-refractivity contribution is 0.0733. The number of nitrogens with one attached hydrogen (secondary N) is 2. The molecule has 0 unspecified atom stereocenters. The maximum absolute atomic E-state index is 12.6. The molecule has 1 fully saturated rings. The molecule has 156 valence electrons. The highest BCUT2D eigenvalue weighted by molar-refractivity contribution is 7.90. The van der Waals surface area contributed by atoms with E-state index in [4.69, 9.17) is 9.72 Å². The molecule has 5 rings (SSSR count). The highest BCUT2D eigenvalue weighted by Crippen LogP contribution is 2.33. The van der Waals surface area contributed by atoms with Crippen LogP contribution in [0.25, 0.3) is 10.9 Å². The normalized spacial score (nSPS) is 19.5. The van der Waals surface area contributed by atoms with Crippen molar-refractivity contribution in [1.29, 1.82) is 0 Å². The van der Waals surface area contributed by atoms with Crippen molar-refractivity contribution < 1.29 is 13.2 Å². The second-order valence-electron chi connectivity index (χ2n) is 7.66. The number of ether oxygens (including phenoxy) is 1. The molecular weight excluding hydrogens is 400 g/mol. The van der Waals surface area contributed by atoms with Gasteiger partial charge < -0.3 is 10.1 Å². The fraction of sp³-hybridized carbons (Fsp3) is 0.318. The highest BCUT2D eigenvalue weighted by Gasteiger charge is 2.24. The number of aryl methyl sites for hydroxylation is 1. The molecule has 1 aliphatic carbocycles. The average Bonchev–Trinajstić information content (AvgIpc) is 3.17. The number of pyridine rings is 1. The number of hydrogen-bond acceptors (Lipinski definition) is 5. The molecule has 0 amide bonds. The van der Waals surface area contributed by atoms with E-state index < -0.39 is 10.2 Å². The van der Waals surface area contributed by atoms with Crippen molar-refractivity contribution in [2.24, 2.45) is 0 Å². The summed E-state index contributed by atoms with van der Waals surface area (Å²) in [6.45, 7) is 1.57. The first-order chi connectivity index (χ1) is 14.6. The van der Waals surface area contributed by atoms with E-state index in [-0.39, 0.29) is 6.04 Å². The first kappa shape index (κ1) is 19.3. The Bertz CT molecular complexity index is 1180. The maximum atomic E-state index is 12.6. The molecule has 30 heavy (non-hydrogen) atoms.